The Morgan fingerprint density at radius 1 is 1.07 bits per heavy atom. The maximum atomic E-state index is 15.3. The van der Waals surface area contributed by atoms with Crippen molar-refractivity contribution < 1.29 is 8.91 Å². The largest absolute Gasteiger partial charge is 0.356 e. The fourth-order valence-electron chi connectivity index (χ4n) is 6.26. The Bertz CT molecular complexity index is 2020. The highest BCUT2D eigenvalue weighted by atomic mass is 35.5. The second-order valence-corrected chi connectivity index (χ2v) is 11.3. The molecular formula is C29H19Cl2FN6O2. The molecule has 2 aromatic carbocycles. The van der Waals surface area contributed by atoms with Crippen molar-refractivity contribution in [2.24, 2.45) is 10.9 Å². The first-order valence-corrected chi connectivity index (χ1v) is 13.6. The van der Waals surface area contributed by atoms with Gasteiger partial charge in [0, 0.05) is 51.4 Å². The van der Waals surface area contributed by atoms with Crippen LogP contribution in [0.15, 0.2) is 75.0 Å². The average Bonchev–Trinajstić information content (AvgIpc) is 3.21. The summed E-state index contributed by atoms with van der Waals surface area (Å²) in [6.07, 6.45) is 2.85. The van der Waals surface area contributed by atoms with Crippen molar-refractivity contribution in [2.45, 2.75) is 31.7 Å². The molecule has 8 rings (SSSR count). The van der Waals surface area contributed by atoms with E-state index in [1.165, 1.54) is 0 Å². The van der Waals surface area contributed by atoms with E-state index in [0.29, 0.717) is 39.6 Å². The van der Waals surface area contributed by atoms with Crippen LogP contribution in [0.25, 0.3) is 33.4 Å². The van der Waals surface area contributed by atoms with Gasteiger partial charge in [-0.15, -0.1) is 5.10 Å². The molecule has 5 heterocycles. The molecule has 1 fully saturated rings. The van der Waals surface area contributed by atoms with Gasteiger partial charge in [0.05, 0.1) is 23.6 Å². The third-order valence-electron chi connectivity index (χ3n) is 8.17. The Kier molecular flexibility index (Phi) is 5.03. The van der Waals surface area contributed by atoms with Crippen molar-refractivity contribution in [3.8, 4) is 16.8 Å². The predicted octanol–water partition coefficient (Wildman–Crippen LogP) is 6.69. The number of rotatable bonds is 4. The van der Waals surface area contributed by atoms with E-state index in [1.54, 1.807) is 39.7 Å². The van der Waals surface area contributed by atoms with Crippen molar-refractivity contribution >= 4 is 45.5 Å². The maximum Gasteiger partial charge on any atom is 0.251 e. The van der Waals surface area contributed by atoms with Gasteiger partial charge >= 0.3 is 0 Å². The van der Waals surface area contributed by atoms with Gasteiger partial charge in [-0.3, -0.25) is 4.79 Å². The number of allylic oxidation sites excluding steroid dienone is 1. The Morgan fingerprint density at radius 2 is 1.95 bits per heavy atom. The number of aliphatic imine (C=N–C) groups is 1. The number of hydrogen-bond acceptors (Lipinski definition) is 6. The average molecular weight is 573 g/mol. The molecule has 1 saturated carbocycles. The fraction of sp³-hybridized carbons (Fsp3) is 0.207. The van der Waals surface area contributed by atoms with Crippen LogP contribution in [-0.2, 0) is 0 Å². The molecule has 5 aromatic rings. The SMILES string of the molecule is Cc1noc2cc(C3=C(F)N=C(C4C5CC5c5cc(-c6cc(Cl)ccc6-n6cc(Cl)nn6)cc(=O)n54)C3)ccc12. The highest BCUT2D eigenvalue weighted by molar-refractivity contribution is 6.31. The van der Waals surface area contributed by atoms with Crippen molar-refractivity contribution in [3.63, 3.8) is 0 Å². The number of hydrogen-bond donors (Lipinski definition) is 0. The molecule has 3 aromatic heterocycles. The van der Waals surface area contributed by atoms with Crippen LogP contribution in [0, 0.1) is 12.8 Å². The molecule has 1 aliphatic carbocycles. The summed E-state index contributed by atoms with van der Waals surface area (Å²) in [5.74, 6) is -0.0957. The van der Waals surface area contributed by atoms with Gasteiger partial charge < -0.3 is 9.09 Å². The molecule has 40 heavy (non-hydrogen) atoms. The summed E-state index contributed by atoms with van der Waals surface area (Å²) in [4.78, 5) is 18.0. The van der Waals surface area contributed by atoms with Gasteiger partial charge in [0.15, 0.2) is 10.7 Å². The van der Waals surface area contributed by atoms with Crippen LogP contribution in [0.3, 0.4) is 0 Å². The van der Waals surface area contributed by atoms with Crippen LogP contribution < -0.4 is 5.56 Å². The summed E-state index contributed by atoms with van der Waals surface area (Å²) in [5.41, 5.74) is 6.18. The van der Waals surface area contributed by atoms with E-state index in [4.69, 9.17) is 27.7 Å². The topological polar surface area (TPSA) is 91.1 Å². The molecule has 8 nitrogen and oxygen atoms in total. The second kappa shape index (κ2) is 8.46. The Hall–Kier alpha value is -4.08. The summed E-state index contributed by atoms with van der Waals surface area (Å²) in [6.45, 7) is 1.87. The summed E-state index contributed by atoms with van der Waals surface area (Å²) < 4.78 is 24.0. The zero-order valence-electron chi connectivity index (χ0n) is 21.0. The summed E-state index contributed by atoms with van der Waals surface area (Å²) in [7, 11) is 0. The molecule has 3 atom stereocenters. The first kappa shape index (κ1) is 23.8. The first-order valence-electron chi connectivity index (χ1n) is 12.8. The Labute approximate surface area is 236 Å². The second-order valence-electron chi connectivity index (χ2n) is 10.5. The van der Waals surface area contributed by atoms with Crippen LogP contribution in [-0.4, -0.2) is 30.4 Å². The van der Waals surface area contributed by atoms with Gasteiger partial charge in [0.2, 0.25) is 5.95 Å². The van der Waals surface area contributed by atoms with Crippen molar-refractivity contribution in [1.29, 1.82) is 0 Å². The minimum Gasteiger partial charge on any atom is -0.356 e. The van der Waals surface area contributed by atoms with Crippen molar-refractivity contribution in [3.05, 3.63) is 98.2 Å². The Balaban J connectivity index is 1.16. The zero-order chi connectivity index (χ0) is 27.3. The molecule has 2 aliphatic heterocycles. The van der Waals surface area contributed by atoms with E-state index in [1.807, 2.05) is 31.2 Å². The van der Waals surface area contributed by atoms with Gasteiger partial charge in [-0.1, -0.05) is 39.6 Å². The minimum atomic E-state index is -0.518. The molecule has 0 saturated heterocycles. The van der Waals surface area contributed by atoms with E-state index in [9.17, 15) is 4.79 Å². The van der Waals surface area contributed by atoms with E-state index in [2.05, 4.69) is 20.5 Å². The lowest BCUT2D eigenvalue weighted by Gasteiger charge is -2.20. The van der Waals surface area contributed by atoms with Crippen LogP contribution in [0.5, 0.6) is 0 Å². The van der Waals surface area contributed by atoms with Gasteiger partial charge in [-0.2, -0.15) is 4.39 Å². The zero-order valence-corrected chi connectivity index (χ0v) is 22.5. The smallest absolute Gasteiger partial charge is 0.251 e. The van der Waals surface area contributed by atoms with Crippen LogP contribution in [0.2, 0.25) is 10.2 Å². The van der Waals surface area contributed by atoms with Gasteiger partial charge in [-0.25, -0.2) is 9.67 Å². The number of aromatic nitrogens is 5. The van der Waals surface area contributed by atoms with Crippen LogP contribution >= 0.6 is 23.2 Å². The first-order chi connectivity index (χ1) is 19.4. The number of benzene rings is 2. The standard InChI is InChI=1S/C29H19Cl2FN6O2/c1-13-17-4-2-14(7-25(17)40-35-13)19-11-22(33-29(19)32)28-21-10-20(21)24-6-15(8-27(39)38(24)28)18-9-16(30)3-5-23(18)37-12-26(31)34-36-37/h2-9,12,20-21,28H,10-11H2,1H3. The van der Waals surface area contributed by atoms with Gasteiger partial charge in [0.25, 0.3) is 5.56 Å². The van der Waals surface area contributed by atoms with E-state index < -0.39 is 5.95 Å². The predicted molar refractivity (Wildman–Crippen MR) is 150 cm³/mol. The monoisotopic (exact) mass is 572 g/mol. The highest BCUT2D eigenvalue weighted by Crippen LogP contribution is 2.60. The number of halogens is 3. The lowest BCUT2D eigenvalue weighted by atomic mass is 9.97. The molecule has 0 N–H and O–H groups in total. The van der Waals surface area contributed by atoms with E-state index in [0.717, 1.165) is 34.3 Å². The molecule has 0 radical (unpaired) electrons. The molecule has 0 bridgehead atoms. The molecule has 0 spiro atoms. The van der Waals surface area contributed by atoms with Gasteiger partial charge in [0.1, 0.15) is 0 Å². The number of pyridine rings is 1. The lowest BCUT2D eigenvalue weighted by molar-refractivity contribution is 0.450. The fourth-order valence-corrected chi connectivity index (χ4v) is 6.56. The lowest BCUT2D eigenvalue weighted by Crippen LogP contribution is -2.29. The summed E-state index contributed by atoms with van der Waals surface area (Å²) >= 11 is 12.4. The molecular weight excluding hydrogens is 554 g/mol. The number of fused-ring (bicyclic) bond motifs is 4. The quantitative estimate of drug-likeness (QED) is 0.224. The van der Waals surface area contributed by atoms with Crippen molar-refractivity contribution in [2.75, 3.05) is 0 Å². The molecule has 11 heteroatoms. The number of aryl methyl sites for hydroxylation is 1. The minimum absolute atomic E-state index is 0.164. The summed E-state index contributed by atoms with van der Waals surface area (Å²) in [5, 5.41) is 13.6. The normalized spacial score (nSPS) is 21.2. The maximum absolute atomic E-state index is 15.3. The third kappa shape index (κ3) is 3.54. The molecule has 0 amide bonds. The van der Waals surface area contributed by atoms with Crippen molar-refractivity contribution in [1.82, 2.24) is 24.7 Å². The molecule has 3 aliphatic rings. The highest BCUT2D eigenvalue weighted by Gasteiger charge is 2.55. The number of nitrogens with zero attached hydrogens (tertiary/aromatic N) is 6. The van der Waals surface area contributed by atoms with E-state index >= 15 is 4.39 Å². The molecule has 198 valence electrons. The van der Waals surface area contributed by atoms with Crippen LogP contribution in [0.1, 0.15) is 41.8 Å². The third-order valence-corrected chi connectivity index (χ3v) is 8.58. The molecule has 3 unspecified atom stereocenters. The van der Waals surface area contributed by atoms with Crippen LogP contribution in [0.4, 0.5) is 4.39 Å². The summed E-state index contributed by atoms with van der Waals surface area (Å²) in [6, 6.07) is 14.3. The Morgan fingerprint density at radius 3 is 2.77 bits per heavy atom. The van der Waals surface area contributed by atoms with E-state index in [-0.39, 0.29) is 28.6 Å². The van der Waals surface area contributed by atoms with Gasteiger partial charge in [-0.05, 0) is 66.8 Å².